The summed E-state index contributed by atoms with van der Waals surface area (Å²) in [5.41, 5.74) is -0.163. The van der Waals surface area contributed by atoms with Crippen LogP contribution in [0.1, 0.15) is 41.5 Å². The molecule has 0 aliphatic carbocycles. The molecule has 1 atom stereocenters. The van der Waals surface area contributed by atoms with Gasteiger partial charge in [-0.3, -0.25) is 4.79 Å². The topological polar surface area (TPSA) is 37.3 Å². The van der Waals surface area contributed by atoms with Crippen LogP contribution in [0.4, 0.5) is 0 Å². The molecule has 2 heteroatoms. The van der Waals surface area contributed by atoms with Gasteiger partial charge >= 0.3 is 5.97 Å². The molecule has 0 heterocycles. The molecule has 0 aliphatic heterocycles. The second kappa shape index (κ2) is 3.08. The minimum absolute atomic E-state index is 0.0187. The summed E-state index contributed by atoms with van der Waals surface area (Å²) in [5, 5.41) is 8.88. The number of hydrogen-bond acceptors (Lipinski definition) is 1. The molecule has 72 valence electrons. The monoisotopic (exact) mass is 172 g/mol. The highest BCUT2D eigenvalue weighted by Crippen LogP contribution is 2.43. The van der Waals surface area contributed by atoms with Gasteiger partial charge in [0.15, 0.2) is 0 Å². The zero-order valence-electron chi connectivity index (χ0n) is 8.93. The molecule has 2 nitrogen and oxygen atoms in total. The zero-order valence-corrected chi connectivity index (χ0v) is 8.93. The molecule has 0 saturated heterocycles. The second-order valence-electron chi connectivity index (χ2n) is 5.03. The molecular formula is C10H20O2. The minimum atomic E-state index is -0.713. The summed E-state index contributed by atoms with van der Waals surface area (Å²) < 4.78 is 0. The van der Waals surface area contributed by atoms with Gasteiger partial charge in [0.25, 0.3) is 0 Å². The predicted octanol–water partition coefficient (Wildman–Crippen LogP) is 2.78. The molecule has 0 aromatic heterocycles. The molecule has 0 amide bonds. The van der Waals surface area contributed by atoms with Crippen LogP contribution in [0, 0.1) is 16.7 Å². The van der Waals surface area contributed by atoms with E-state index in [1.807, 2.05) is 13.8 Å². The maximum absolute atomic E-state index is 10.8. The molecule has 0 aromatic carbocycles. The standard InChI is InChI=1S/C10H20O2/c1-7(8(11)12)10(5,6)9(2,3)4/h7H,1-6H3,(H,11,12). The smallest absolute Gasteiger partial charge is 0.306 e. The molecule has 0 fully saturated rings. The van der Waals surface area contributed by atoms with Gasteiger partial charge in [-0.1, -0.05) is 41.5 Å². The van der Waals surface area contributed by atoms with Crippen molar-refractivity contribution in [1.82, 2.24) is 0 Å². The SMILES string of the molecule is CC(C(=O)O)C(C)(C)C(C)(C)C. The Kier molecular flexibility index (Phi) is 2.94. The maximum atomic E-state index is 10.8. The van der Waals surface area contributed by atoms with E-state index in [1.54, 1.807) is 6.92 Å². The number of carboxylic acid groups (broad SMARTS) is 1. The summed E-state index contributed by atoms with van der Waals surface area (Å²) in [5.74, 6) is -1.02. The molecule has 0 spiro atoms. The lowest BCUT2D eigenvalue weighted by molar-refractivity contribution is -0.148. The molecule has 1 N–H and O–H groups in total. The third-order valence-corrected chi connectivity index (χ3v) is 3.39. The highest BCUT2D eigenvalue weighted by molar-refractivity contribution is 5.70. The number of rotatable bonds is 2. The van der Waals surface area contributed by atoms with E-state index in [0.29, 0.717) is 0 Å². The number of aliphatic carboxylic acids is 1. The van der Waals surface area contributed by atoms with Crippen molar-refractivity contribution < 1.29 is 9.90 Å². The van der Waals surface area contributed by atoms with E-state index in [1.165, 1.54) is 0 Å². The Balaban J connectivity index is 4.73. The van der Waals surface area contributed by atoms with Crippen molar-refractivity contribution in [3.05, 3.63) is 0 Å². The summed E-state index contributed by atoms with van der Waals surface area (Å²) in [6.07, 6.45) is 0. The van der Waals surface area contributed by atoms with E-state index in [4.69, 9.17) is 5.11 Å². The van der Waals surface area contributed by atoms with Gasteiger partial charge < -0.3 is 5.11 Å². The molecule has 0 bridgehead atoms. The van der Waals surface area contributed by atoms with Crippen LogP contribution in [0.3, 0.4) is 0 Å². The van der Waals surface area contributed by atoms with Crippen LogP contribution in [0.25, 0.3) is 0 Å². The van der Waals surface area contributed by atoms with Gasteiger partial charge in [-0.2, -0.15) is 0 Å². The maximum Gasteiger partial charge on any atom is 0.306 e. The van der Waals surface area contributed by atoms with Crippen LogP contribution in [0.5, 0.6) is 0 Å². The van der Waals surface area contributed by atoms with Gasteiger partial charge in [-0.15, -0.1) is 0 Å². The van der Waals surface area contributed by atoms with Crippen molar-refractivity contribution in [2.24, 2.45) is 16.7 Å². The third kappa shape index (κ3) is 1.99. The predicted molar refractivity (Wildman–Crippen MR) is 50.0 cm³/mol. The summed E-state index contributed by atoms with van der Waals surface area (Å²) in [6.45, 7) is 12.0. The Labute approximate surface area is 75.0 Å². The summed E-state index contributed by atoms with van der Waals surface area (Å²) >= 11 is 0. The van der Waals surface area contributed by atoms with Gasteiger partial charge in [0.05, 0.1) is 5.92 Å². The van der Waals surface area contributed by atoms with Crippen molar-refractivity contribution in [2.75, 3.05) is 0 Å². The molecule has 0 rings (SSSR count). The van der Waals surface area contributed by atoms with E-state index in [2.05, 4.69) is 20.8 Å². The summed E-state index contributed by atoms with van der Waals surface area (Å²) in [4.78, 5) is 10.8. The van der Waals surface area contributed by atoms with Gasteiger partial charge in [-0.05, 0) is 10.8 Å². The summed E-state index contributed by atoms with van der Waals surface area (Å²) in [6, 6.07) is 0. The minimum Gasteiger partial charge on any atom is -0.481 e. The van der Waals surface area contributed by atoms with Crippen molar-refractivity contribution in [2.45, 2.75) is 41.5 Å². The van der Waals surface area contributed by atoms with Crippen molar-refractivity contribution in [3.63, 3.8) is 0 Å². The number of carboxylic acids is 1. The number of hydrogen-bond donors (Lipinski definition) is 1. The first-order valence-electron chi connectivity index (χ1n) is 4.33. The fraction of sp³-hybridized carbons (Fsp3) is 0.900. The van der Waals surface area contributed by atoms with Crippen LogP contribution < -0.4 is 0 Å². The van der Waals surface area contributed by atoms with E-state index in [-0.39, 0.29) is 16.7 Å². The summed E-state index contributed by atoms with van der Waals surface area (Å²) in [7, 11) is 0. The van der Waals surface area contributed by atoms with Gasteiger partial charge in [0.2, 0.25) is 0 Å². The van der Waals surface area contributed by atoms with E-state index >= 15 is 0 Å². The molecule has 0 aromatic rings. The second-order valence-corrected chi connectivity index (χ2v) is 5.03. The molecule has 1 unspecified atom stereocenters. The molecule has 0 aliphatic rings. The quantitative estimate of drug-likeness (QED) is 0.695. The Bertz CT molecular complexity index is 175. The molecule has 0 saturated carbocycles. The first-order chi connectivity index (χ1) is 5.10. The fourth-order valence-corrected chi connectivity index (χ4v) is 0.958. The van der Waals surface area contributed by atoms with Gasteiger partial charge in [-0.25, -0.2) is 0 Å². The number of carbonyl (C=O) groups is 1. The van der Waals surface area contributed by atoms with Crippen LogP contribution in [0.2, 0.25) is 0 Å². The zero-order chi connectivity index (χ0) is 10.2. The van der Waals surface area contributed by atoms with Crippen molar-refractivity contribution in [3.8, 4) is 0 Å². The Morgan fingerprint density at radius 3 is 1.58 bits per heavy atom. The molecular weight excluding hydrogens is 152 g/mol. The van der Waals surface area contributed by atoms with Crippen molar-refractivity contribution in [1.29, 1.82) is 0 Å². The van der Waals surface area contributed by atoms with Crippen LogP contribution >= 0.6 is 0 Å². The van der Waals surface area contributed by atoms with Gasteiger partial charge in [0, 0.05) is 0 Å². The lowest BCUT2D eigenvalue weighted by atomic mass is 9.63. The van der Waals surface area contributed by atoms with Crippen LogP contribution in [-0.2, 0) is 4.79 Å². The van der Waals surface area contributed by atoms with E-state index in [9.17, 15) is 4.79 Å². The Morgan fingerprint density at radius 1 is 1.17 bits per heavy atom. The first-order valence-corrected chi connectivity index (χ1v) is 4.33. The molecule has 0 radical (unpaired) electrons. The Hall–Kier alpha value is -0.530. The van der Waals surface area contributed by atoms with Crippen molar-refractivity contribution >= 4 is 5.97 Å². The average Bonchev–Trinajstić information content (AvgIpc) is 1.83. The third-order valence-electron chi connectivity index (χ3n) is 3.39. The Morgan fingerprint density at radius 2 is 1.50 bits per heavy atom. The fourth-order valence-electron chi connectivity index (χ4n) is 0.958. The average molecular weight is 172 g/mol. The van der Waals surface area contributed by atoms with Gasteiger partial charge in [0.1, 0.15) is 0 Å². The molecule has 12 heavy (non-hydrogen) atoms. The van der Waals surface area contributed by atoms with E-state index < -0.39 is 5.97 Å². The lowest BCUT2D eigenvalue weighted by Crippen LogP contribution is -2.39. The highest BCUT2D eigenvalue weighted by Gasteiger charge is 2.40. The largest absolute Gasteiger partial charge is 0.481 e. The lowest BCUT2D eigenvalue weighted by Gasteiger charge is -2.41. The normalized spacial score (nSPS) is 15.8. The first kappa shape index (κ1) is 11.5. The van der Waals surface area contributed by atoms with Crippen LogP contribution in [0.15, 0.2) is 0 Å². The highest BCUT2D eigenvalue weighted by atomic mass is 16.4. The van der Waals surface area contributed by atoms with Crippen LogP contribution in [-0.4, -0.2) is 11.1 Å². The van der Waals surface area contributed by atoms with E-state index in [0.717, 1.165) is 0 Å².